The molecule has 4 heteroatoms. The molecule has 0 N–H and O–H groups in total. The van der Waals surface area contributed by atoms with E-state index in [0.29, 0.717) is 0 Å². The number of methoxy groups -OCH3 is 1. The minimum atomic E-state index is -0.664. The van der Waals surface area contributed by atoms with Crippen molar-refractivity contribution in [2.75, 3.05) is 7.11 Å². The molecule has 306 valence electrons. The first kappa shape index (κ1) is 39.1. The van der Waals surface area contributed by atoms with Crippen LogP contribution in [-0.4, -0.2) is 21.6 Å². The third-order valence-electron chi connectivity index (χ3n) is 11.9. The van der Waals surface area contributed by atoms with Gasteiger partial charge in [-0.2, -0.15) is 0 Å². The van der Waals surface area contributed by atoms with Gasteiger partial charge in [-0.1, -0.05) is 144 Å². The Hall–Kier alpha value is -7.04. The third-order valence-corrected chi connectivity index (χ3v) is 11.9. The molecule has 0 unspecified atom stereocenters. The summed E-state index contributed by atoms with van der Waals surface area (Å²) in [6, 6.07) is 58.4. The van der Waals surface area contributed by atoms with E-state index in [-0.39, 0.29) is 5.41 Å². The molecular weight excluding hydrogens is 755 g/mol. The van der Waals surface area contributed by atoms with Crippen LogP contribution in [0.4, 0.5) is 0 Å². The number of rotatable bonds is 9. The number of para-hydroxylation sites is 1. The van der Waals surface area contributed by atoms with Gasteiger partial charge < -0.3 is 4.74 Å². The smallest absolute Gasteiger partial charge is 0.149 e. The minimum absolute atomic E-state index is 0.110. The van der Waals surface area contributed by atoms with Crippen molar-refractivity contribution in [3.05, 3.63) is 192 Å². The van der Waals surface area contributed by atoms with Gasteiger partial charge in [0.25, 0.3) is 0 Å². The summed E-state index contributed by atoms with van der Waals surface area (Å²) in [6.07, 6.45) is 1.89. The SMILES string of the molecule is [2H]C(C)(C)c1ccc(-c2ccnc(-c3cc(-c4ccccc4)cc(-c4cccc5c4nc(-c4cc(C)cc(C)c4OC)n5-c4cc(-c5ccccc5)cc(C(C)(C)C)c4)c3)c2)cc1. The highest BCUT2D eigenvalue weighted by molar-refractivity contribution is 5.98. The van der Waals surface area contributed by atoms with Crippen molar-refractivity contribution >= 4 is 11.0 Å². The maximum absolute atomic E-state index is 8.51. The van der Waals surface area contributed by atoms with Crippen LogP contribution in [0.15, 0.2) is 170 Å². The number of ether oxygens (including phenoxy) is 1. The molecule has 0 saturated heterocycles. The quantitative estimate of drug-likeness (QED) is 0.146. The topological polar surface area (TPSA) is 39.9 Å². The second-order valence-electron chi connectivity index (χ2n) is 17.7. The lowest BCUT2D eigenvalue weighted by molar-refractivity contribution is 0.413. The molecule has 2 heterocycles. The average molecular weight is 809 g/mol. The molecule has 2 aromatic heterocycles. The van der Waals surface area contributed by atoms with E-state index in [4.69, 9.17) is 16.1 Å². The van der Waals surface area contributed by atoms with E-state index >= 15 is 0 Å². The molecule has 0 amide bonds. The Morgan fingerprint density at radius 2 is 1.23 bits per heavy atom. The molecule has 0 aliphatic rings. The average Bonchev–Trinajstić information content (AvgIpc) is 3.68. The molecule has 0 atom stereocenters. The number of hydrogen-bond donors (Lipinski definition) is 0. The Bertz CT molecular complexity index is 3120. The van der Waals surface area contributed by atoms with Gasteiger partial charge in [0.2, 0.25) is 0 Å². The van der Waals surface area contributed by atoms with Gasteiger partial charge in [0, 0.05) is 24.4 Å². The van der Waals surface area contributed by atoms with Gasteiger partial charge >= 0.3 is 0 Å². The Morgan fingerprint density at radius 1 is 0.581 bits per heavy atom. The minimum Gasteiger partial charge on any atom is -0.496 e. The zero-order chi connectivity index (χ0) is 44.0. The van der Waals surface area contributed by atoms with Gasteiger partial charge in [-0.3, -0.25) is 9.55 Å². The van der Waals surface area contributed by atoms with Crippen LogP contribution in [0.25, 0.3) is 83.9 Å². The first-order chi connectivity index (χ1) is 30.2. The maximum Gasteiger partial charge on any atom is 0.149 e. The van der Waals surface area contributed by atoms with Crippen molar-refractivity contribution < 1.29 is 6.11 Å². The van der Waals surface area contributed by atoms with Crippen LogP contribution >= 0.6 is 0 Å². The zero-order valence-electron chi connectivity index (χ0n) is 37.9. The van der Waals surface area contributed by atoms with E-state index in [2.05, 4.69) is 203 Å². The number of imidazole rings is 1. The molecule has 0 aliphatic carbocycles. The van der Waals surface area contributed by atoms with Gasteiger partial charge in [-0.05, 0) is 141 Å². The Balaban J connectivity index is 1.29. The molecule has 9 rings (SSSR count). The van der Waals surface area contributed by atoms with Crippen molar-refractivity contribution in [3.63, 3.8) is 0 Å². The summed E-state index contributed by atoms with van der Waals surface area (Å²) in [5.74, 6) is 0.966. The van der Waals surface area contributed by atoms with Crippen LogP contribution in [0, 0.1) is 13.8 Å². The predicted molar refractivity (Wildman–Crippen MR) is 260 cm³/mol. The van der Waals surface area contributed by atoms with E-state index < -0.39 is 5.89 Å². The molecule has 62 heavy (non-hydrogen) atoms. The summed E-state index contributed by atoms with van der Waals surface area (Å²) in [5.41, 5.74) is 18.8. The van der Waals surface area contributed by atoms with Crippen LogP contribution in [-0.2, 0) is 5.41 Å². The van der Waals surface area contributed by atoms with Crippen LogP contribution in [0.3, 0.4) is 0 Å². The number of aromatic nitrogens is 3. The Morgan fingerprint density at radius 3 is 1.89 bits per heavy atom. The lowest BCUT2D eigenvalue weighted by Crippen LogP contribution is -2.12. The lowest BCUT2D eigenvalue weighted by Gasteiger charge is -2.23. The van der Waals surface area contributed by atoms with Crippen molar-refractivity contribution in [2.24, 2.45) is 0 Å². The van der Waals surface area contributed by atoms with E-state index in [1.54, 1.807) is 7.11 Å². The van der Waals surface area contributed by atoms with Crippen LogP contribution in [0.5, 0.6) is 5.75 Å². The molecule has 7 aromatic carbocycles. The van der Waals surface area contributed by atoms with Crippen molar-refractivity contribution in [1.82, 2.24) is 14.5 Å². The van der Waals surface area contributed by atoms with Gasteiger partial charge in [-0.15, -0.1) is 0 Å². The highest BCUT2D eigenvalue weighted by atomic mass is 16.5. The molecule has 0 radical (unpaired) electrons. The number of benzene rings is 7. The van der Waals surface area contributed by atoms with Crippen molar-refractivity contribution in [3.8, 4) is 78.6 Å². The molecular formula is C58H53N3O. The fourth-order valence-corrected chi connectivity index (χ4v) is 8.63. The maximum atomic E-state index is 8.51. The summed E-state index contributed by atoms with van der Waals surface area (Å²) < 4.78 is 17.0. The third kappa shape index (κ3) is 7.85. The molecule has 0 fully saturated rings. The summed E-state index contributed by atoms with van der Waals surface area (Å²) in [7, 11) is 1.75. The zero-order valence-corrected chi connectivity index (χ0v) is 36.9. The lowest BCUT2D eigenvalue weighted by atomic mass is 9.85. The fourth-order valence-electron chi connectivity index (χ4n) is 8.63. The molecule has 0 spiro atoms. The summed E-state index contributed by atoms with van der Waals surface area (Å²) in [5, 5.41) is 0. The number of nitrogens with zero attached hydrogens (tertiary/aromatic N) is 3. The number of pyridine rings is 1. The van der Waals surface area contributed by atoms with E-state index in [9.17, 15) is 0 Å². The summed E-state index contributed by atoms with van der Waals surface area (Å²) in [6.45, 7) is 14.9. The number of hydrogen-bond acceptors (Lipinski definition) is 3. The molecule has 4 nitrogen and oxygen atoms in total. The standard InChI is InChI=1S/C58H53N3O/c1-37(2)40-22-24-43(25-23-40)44-26-27-59-53(35-44)48-31-45(41-16-11-9-12-17-41)30-47(32-48)51-20-15-21-54-55(51)60-57(52-29-38(3)28-39(4)56(52)62-8)61(54)50-34-46(42-18-13-10-14-19-42)33-49(36-50)58(5,6)7/h9-37H,1-8H3/i37D. The van der Waals surface area contributed by atoms with E-state index in [0.717, 1.165) is 106 Å². The largest absolute Gasteiger partial charge is 0.496 e. The van der Waals surface area contributed by atoms with E-state index in [1.807, 2.05) is 20.0 Å². The van der Waals surface area contributed by atoms with Crippen LogP contribution < -0.4 is 4.74 Å². The van der Waals surface area contributed by atoms with Gasteiger partial charge in [0.15, 0.2) is 0 Å². The van der Waals surface area contributed by atoms with Crippen molar-refractivity contribution in [1.29, 1.82) is 0 Å². The Kier molecular flexibility index (Phi) is 10.4. The summed E-state index contributed by atoms with van der Waals surface area (Å²) in [4.78, 5) is 10.6. The first-order valence-electron chi connectivity index (χ1n) is 21.9. The molecule has 9 aromatic rings. The Labute approximate surface area is 368 Å². The van der Waals surface area contributed by atoms with Crippen LogP contribution in [0.2, 0.25) is 0 Å². The van der Waals surface area contributed by atoms with Gasteiger partial charge in [0.1, 0.15) is 11.6 Å². The second kappa shape index (κ2) is 16.4. The highest BCUT2D eigenvalue weighted by Crippen LogP contribution is 2.42. The monoisotopic (exact) mass is 808 g/mol. The number of fused-ring (bicyclic) bond motifs is 1. The van der Waals surface area contributed by atoms with Crippen LogP contribution in [0.1, 0.15) is 64.1 Å². The van der Waals surface area contributed by atoms with E-state index in [1.165, 1.54) is 5.56 Å². The highest BCUT2D eigenvalue weighted by Gasteiger charge is 2.24. The molecule has 0 bridgehead atoms. The first-order valence-corrected chi connectivity index (χ1v) is 21.4. The second-order valence-corrected chi connectivity index (χ2v) is 17.7. The molecule has 0 saturated carbocycles. The van der Waals surface area contributed by atoms with Gasteiger partial charge in [-0.25, -0.2) is 4.98 Å². The molecule has 0 aliphatic heterocycles. The predicted octanol–water partition coefficient (Wildman–Crippen LogP) is 15.5. The van der Waals surface area contributed by atoms with Crippen molar-refractivity contribution in [2.45, 2.75) is 59.8 Å². The summed E-state index contributed by atoms with van der Waals surface area (Å²) >= 11 is 0. The normalized spacial score (nSPS) is 12.1. The van der Waals surface area contributed by atoms with Gasteiger partial charge in [0.05, 0.1) is 29.4 Å². The number of aryl methyl sites for hydroxylation is 2. The fraction of sp³-hybridized carbons (Fsp3) is 0.172.